The fourth-order valence-electron chi connectivity index (χ4n) is 3.38. The first kappa shape index (κ1) is 21.2. The van der Waals surface area contributed by atoms with Crippen LogP contribution in [0.4, 0.5) is 17.1 Å². The van der Waals surface area contributed by atoms with Gasteiger partial charge in [-0.25, -0.2) is 0 Å². The first-order chi connectivity index (χ1) is 13.8. The number of benzene rings is 2. The number of H-pyrrole nitrogens is 1. The number of fused-ring (bicyclic) bond motifs is 1. The standard InChI is InChI=1S/C24H29N3OS/c1-6-15(4)11-17-7-8-19(13-22(17)29)26-18-9-10-21-20(12-18)16(5)23(24(28)27-21)25-14(2)3/h7-10,12-13,15,26,29H,6,11H2,1-5H3,(H,27,28). The molecule has 0 amide bonds. The Balaban J connectivity index is 1.94. The number of anilines is 2. The number of thiol groups is 1. The number of pyridine rings is 1. The molecule has 0 radical (unpaired) electrons. The van der Waals surface area contributed by atoms with E-state index in [1.807, 2.05) is 32.9 Å². The zero-order valence-electron chi connectivity index (χ0n) is 17.8. The third-order valence-electron chi connectivity index (χ3n) is 5.22. The topological polar surface area (TPSA) is 57.2 Å². The lowest BCUT2D eigenvalue weighted by atomic mass is 9.98. The maximum Gasteiger partial charge on any atom is 0.274 e. The molecule has 1 atom stereocenters. The summed E-state index contributed by atoms with van der Waals surface area (Å²) in [6, 6.07) is 12.3. The quantitative estimate of drug-likeness (QED) is 0.320. The van der Waals surface area contributed by atoms with E-state index in [-0.39, 0.29) is 5.56 Å². The minimum absolute atomic E-state index is 0.159. The van der Waals surface area contributed by atoms with Crippen molar-refractivity contribution in [3.05, 3.63) is 57.9 Å². The number of aromatic nitrogens is 1. The highest BCUT2D eigenvalue weighted by Crippen LogP contribution is 2.29. The molecule has 4 nitrogen and oxygen atoms in total. The molecule has 2 aromatic carbocycles. The maximum absolute atomic E-state index is 12.3. The minimum Gasteiger partial charge on any atom is -0.355 e. The average Bonchev–Trinajstić information content (AvgIpc) is 2.67. The number of nitrogens with one attached hydrogen (secondary N) is 2. The van der Waals surface area contributed by atoms with Crippen LogP contribution < -0.4 is 10.9 Å². The first-order valence-electron chi connectivity index (χ1n) is 10.1. The minimum atomic E-state index is -0.159. The number of hydrogen-bond donors (Lipinski definition) is 3. The fourth-order valence-corrected chi connectivity index (χ4v) is 3.68. The van der Waals surface area contributed by atoms with E-state index in [1.54, 1.807) is 0 Å². The lowest BCUT2D eigenvalue weighted by molar-refractivity contribution is 0.556. The van der Waals surface area contributed by atoms with Crippen molar-refractivity contribution >= 4 is 46.3 Å². The van der Waals surface area contributed by atoms with E-state index < -0.39 is 0 Å². The zero-order chi connectivity index (χ0) is 21.1. The summed E-state index contributed by atoms with van der Waals surface area (Å²) >= 11 is 4.68. The molecule has 1 aromatic heterocycles. The van der Waals surface area contributed by atoms with E-state index in [0.29, 0.717) is 11.6 Å². The number of aliphatic imine (C=N–C) groups is 1. The molecule has 0 saturated heterocycles. The molecule has 0 saturated carbocycles. The summed E-state index contributed by atoms with van der Waals surface area (Å²) in [5.74, 6) is 0.647. The second kappa shape index (κ2) is 8.87. The molecule has 0 spiro atoms. The van der Waals surface area contributed by atoms with Crippen LogP contribution in [0, 0.1) is 12.8 Å². The second-order valence-electron chi connectivity index (χ2n) is 7.93. The molecule has 152 valence electrons. The van der Waals surface area contributed by atoms with Crippen LogP contribution in [0.2, 0.25) is 0 Å². The molecule has 0 bridgehead atoms. The summed E-state index contributed by atoms with van der Waals surface area (Å²) in [5.41, 5.74) is 6.08. The van der Waals surface area contributed by atoms with E-state index in [0.717, 1.165) is 51.3 Å². The Morgan fingerprint density at radius 1 is 1.17 bits per heavy atom. The summed E-state index contributed by atoms with van der Waals surface area (Å²) in [6.07, 6.45) is 2.20. The van der Waals surface area contributed by atoms with Crippen LogP contribution >= 0.6 is 12.6 Å². The van der Waals surface area contributed by atoms with Crippen molar-refractivity contribution in [2.24, 2.45) is 10.9 Å². The highest BCUT2D eigenvalue weighted by molar-refractivity contribution is 7.80. The molecule has 1 heterocycles. The lowest BCUT2D eigenvalue weighted by Gasteiger charge is -2.14. The molecular weight excluding hydrogens is 378 g/mol. The summed E-state index contributed by atoms with van der Waals surface area (Å²) < 4.78 is 0. The average molecular weight is 408 g/mol. The number of aryl methyl sites for hydroxylation is 1. The molecule has 5 heteroatoms. The van der Waals surface area contributed by atoms with Gasteiger partial charge >= 0.3 is 0 Å². The van der Waals surface area contributed by atoms with E-state index in [4.69, 9.17) is 0 Å². The van der Waals surface area contributed by atoms with E-state index in [2.05, 4.69) is 66.0 Å². The predicted molar refractivity (Wildman–Crippen MR) is 128 cm³/mol. The van der Waals surface area contributed by atoms with Gasteiger partial charge in [-0.05, 0) is 74.6 Å². The van der Waals surface area contributed by atoms with Crippen LogP contribution in [0.5, 0.6) is 0 Å². The van der Waals surface area contributed by atoms with Gasteiger partial charge in [-0.15, -0.1) is 12.6 Å². The highest BCUT2D eigenvalue weighted by atomic mass is 32.1. The molecular formula is C24H29N3OS. The molecule has 29 heavy (non-hydrogen) atoms. The number of rotatable bonds is 6. The van der Waals surface area contributed by atoms with Gasteiger partial charge in [0.15, 0.2) is 0 Å². The largest absolute Gasteiger partial charge is 0.355 e. The second-order valence-corrected chi connectivity index (χ2v) is 8.41. The van der Waals surface area contributed by atoms with Gasteiger partial charge in [0.05, 0.1) is 0 Å². The third-order valence-corrected chi connectivity index (χ3v) is 5.63. The van der Waals surface area contributed by atoms with Crippen LogP contribution in [0.1, 0.15) is 45.2 Å². The smallest absolute Gasteiger partial charge is 0.274 e. The van der Waals surface area contributed by atoms with Gasteiger partial charge in [0, 0.05) is 32.9 Å². The van der Waals surface area contributed by atoms with E-state index in [1.165, 1.54) is 5.56 Å². The SMILES string of the molecule is CCC(C)Cc1ccc(Nc2ccc3[nH]c(=O)c(N=C(C)C)c(C)c3c2)cc1S. The van der Waals surface area contributed by atoms with Crippen molar-refractivity contribution in [3.63, 3.8) is 0 Å². The van der Waals surface area contributed by atoms with Crippen LogP contribution in [0.25, 0.3) is 10.9 Å². The highest BCUT2D eigenvalue weighted by Gasteiger charge is 2.10. The normalized spacial score (nSPS) is 12.1. The van der Waals surface area contributed by atoms with E-state index in [9.17, 15) is 4.79 Å². The summed E-state index contributed by atoms with van der Waals surface area (Å²) in [5, 5.41) is 4.44. The van der Waals surface area contributed by atoms with Crippen molar-refractivity contribution in [2.45, 2.75) is 52.4 Å². The first-order valence-corrected chi connectivity index (χ1v) is 10.5. The van der Waals surface area contributed by atoms with Crippen LogP contribution in [0.15, 0.2) is 51.1 Å². The Morgan fingerprint density at radius 2 is 1.86 bits per heavy atom. The Hall–Kier alpha value is -2.53. The molecule has 2 N–H and O–H groups in total. The van der Waals surface area contributed by atoms with Crippen molar-refractivity contribution < 1.29 is 0 Å². The van der Waals surface area contributed by atoms with E-state index >= 15 is 0 Å². The molecule has 3 rings (SSSR count). The van der Waals surface area contributed by atoms with Gasteiger partial charge < -0.3 is 10.3 Å². The van der Waals surface area contributed by atoms with Gasteiger partial charge in [0.25, 0.3) is 5.56 Å². The van der Waals surface area contributed by atoms with Crippen molar-refractivity contribution in [3.8, 4) is 0 Å². The molecule has 0 fully saturated rings. The molecule has 0 aliphatic rings. The zero-order valence-corrected chi connectivity index (χ0v) is 18.7. The van der Waals surface area contributed by atoms with Crippen molar-refractivity contribution in [1.29, 1.82) is 0 Å². The summed E-state index contributed by atoms with van der Waals surface area (Å²) in [4.78, 5) is 20.7. The van der Waals surface area contributed by atoms with Crippen molar-refractivity contribution in [1.82, 2.24) is 4.98 Å². The van der Waals surface area contributed by atoms with Crippen LogP contribution in [-0.4, -0.2) is 10.7 Å². The number of aromatic amines is 1. The summed E-state index contributed by atoms with van der Waals surface area (Å²) in [7, 11) is 0. The van der Waals surface area contributed by atoms with Crippen molar-refractivity contribution in [2.75, 3.05) is 5.32 Å². The number of hydrogen-bond acceptors (Lipinski definition) is 4. The monoisotopic (exact) mass is 407 g/mol. The third kappa shape index (κ3) is 4.91. The van der Waals surface area contributed by atoms with Crippen LogP contribution in [0.3, 0.4) is 0 Å². The van der Waals surface area contributed by atoms with Gasteiger partial charge in [-0.3, -0.25) is 9.79 Å². The maximum atomic E-state index is 12.3. The van der Waals surface area contributed by atoms with Crippen LogP contribution in [-0.2, 0) is 6.42 Å². The van der Waals surface area contributed by atoms with Gasteiger partial charge in [-0.2, -0.15) is 0 Å². The Bertz CT molecular complexity index is 1130. The molecule has 3 aromatic rings. The Morgan fingerprint density at radius 3 is 2.52 bits per heavy atom. The van der Waals surface area contributed by atoms with Gasteiger partial charge in [-0.1, -0.05) is 26.3 Å². The van der Waals surface area contributed by atoms with Gasteiger partial charge in [0.2, 0.25) is 0 Å². The molecule has 0 aliphatic heterocycles. The lowest BCUT2D eigenvalue weighted by Crippen LogP contribution is -2.08. The predicted octanol–water partition coefficient (Wildman–Crippen LogP) is 6.57. The Kier molecular flexibility index (Phi) is 6.48. The number of nitrogens with zero attached hydrogens (tertiary/aromatic N) is 1. The Labute approximate surface area is 177 Å². The van der Waals surface area contributed by atoms with Gasteiger partial charge in [0.1, 0.15) is 5.69 Å². The summed E-state index contributed by atoms with van der Waals surface area (Å²) in [6.45, 7) is 10.2. The fraction of sp³-hybridized carbons (Fsp3) is 0.333. The molecule has 0 aliphatic carbocycles. The molecule has 1 unspecified atom stereocenters.